The molecule has 1 aromatic heterocycles. The van der Waals surface area contributed by atoms with E-state index in [-0.39, 0.29) is 5.91 Å². The molecule has 1 amide bonds. The van der Waals surface area contributed by atoms with Gasteiger partial charge in [0, 0.05) is 16.6 Å². The molecule has 4 heteroatoms. The lowest BCUT2D eigenvalue weighted by Crippen LogP contribution is -2.13. The number of alkyl halides is 1. The zero-order valence-corrected chi connectivity index (χ0v) is 11.0. The van der Waals surface area contributed by atoms with Crippen LogP contribution in [0.5, 0.6) is 0 Å². The average Bonchev–Trinajstić information content (AvgIpc) is 2.76. The van der Waals surface area contributed by atoms with Crippen LogP contribution >= 0.6 is 15.9 Å². The second-order valence-electron chi connectivity index (χ2n) is 3.68. The Morgan fingerprint density at radius 3 is 2.76 bits per heavy atom. The number of furan rings is 1. The van der Waals surface area contributed by atoms with Gasteiger partial charge in [0.2, 0.25) is 0 Å². The van der Waals surface area contributed by atoms with Crippen molar-refractivity contribution in [2.24, 2.45) is 0 Å². The number of para-hydroxylation sites is 1. The highest BCUT2D eigenvalue weighted by Gasteiger charge is 2.13. The zero-order valence-electron chi connectivity index (χ0n) is 9.37. The van der Waals surface area contributed by atoms with E-state index in [1.807, 2.05) is 31.2 Å². The van der Waals surface area contributed by atoms with Gasteiger partial charge in [-0.3, -0.25) is 4.79 Å². The summed E-state index contributed by atoms with van der Waals surface area (Å²) in [4.78, 5) is 11.9. The third-order valence-corrected chi connectivity index (χ3v) is 3.08. The molecule has 88 valence electrons. The Morgan fingerprint density at radius 2 is 2.12 bits per heavy atom. The number of hydrogen-bond donors (Lipinski definition) is 1. The van der Waals surface area contributed by atoms with E-state index in [0.29, 0.717) is 11.1 Å². The first-order valence-electron chi connectivity index (χ1n) is 5.21. The lowest BCUT2D eigenvalue weighted by atomic mass is 10.2. The maximum atomic E-state index is 11.9. The molecule has 1 aromatic carbocycles. The Bertz CT molecular complexity index is 534. The van der Waals surface area contributed by atoms with Crippen molar-refractivity contribution in [2.45, 2.75) is 12.3 Å². The molecule has 1 N–H and O–H groups in total. The first kappa shape index (κ1) is 11.9. The molecule has 0 saturated heterocycles. The number of carbonyl (C=O) groups excluding carboxylic acids is 1. The van der Waals surface area contributed by atoms with Gasteiger partial charge in [0.1, 0.15) is 0 Å². The standard InChI is InChI=1S/C13H12BrNO2/c1-9-6-7-17-12(9)13(16)15-11-5-3-2-4-10(11)8-14/h2-7H,8H2,1H3,(H,15,16). The number of hydrogen-bond acceptors (Lipinski definition) is 2. The van der Waals surface area contributed by atoms with Crippen LogP contribution < -0.4 is 5.32 Å². The van der Waals surface area contributed by atoms with Crippen molar-refractivity contribution in [3.63, 3.8) is 0 Å². The average molecular weight is 294 g/mol. The SMILES string of the molecule is Cc1ccoc1C(=O)Nc1ccccc1CBr. The highest BCUT2D eigenvalue weighted by molar-refractivity contribution is 9.08. The molecule has 3 nitrogen and oxygen atoms in total. The summed E-state index contributed by atoms with van der Waals surface area (Å²) in [6.07, 6.45) is 1.51. The maximum Gasteiger partial charge on any atom is 0.291 e. The van der Waals surface area contributed by atoms with Crippen LogP contribution in [0, 0.1) is 6.92 Å². The molecular weight excluding hydrogens is 282 g/mol. The summed E-state index contributed by atoms with van der Waals surface area (Å²) in [5.74, 6) is 0.135. The molecule has 2 aromatic rings. The summed E-state index contributed by atoms with van der Waals surface area (Å²) in [6, 6.07) is 9.42. The smallest absolute Gasteiger partial charge is 0.291 e. The van der Waals surface area contributed by atoms with E-state index in [9.17, 15) is 4.79 Å². The third kappa shape index (κ3) is 2.58. The van der Waals surface area contributed by atoms with Crippen molar-refractivity contribution in [1.82, 2.24) is 0 Å². The number of amides is 1. The van der Waals surface area contributed by atoms with Crippen LogP contribution in [-0.4, -0.2) is 5.91 Å². The number of anilines is 1. The molecule has 0 aliphatic rings. The van der Waals surface area contributed by atoms with E-state index >= 15 is 0 Å². The number of rotatable bonds is 3. The van der Waals surface area contributed by atoms with Crippen LogP contribution in [-0.2, 0) is 5.33 Å². The molecule has 0 saturated carbocycles. The Balaban J connectivity index is 2.22. The third-order valence-electron chi connectivity index (χ3n) is 2.48. The fourth-order valence-electron chi connectivity index (χ4n) is 1.54. The normalized spacial score (nSPS) is 10.2. The van der Waals surface area contributed by atoms with Crippen LogP contribution in [0.15, 0.2) is 41.0 Å². The molecule has 1 heterocycles. The summed E-state index contributed by atoms with van der Waals surface area (Å²) in [5, 5.41) is 3.54. The van der Waals surface area contributed by atoms with E-state index < -0.39 is 0 Å². The lowest BCUT2D eigenvalue weighted by molar-refractivity contribution is 0.0996. The quantitative estimate of drug-likeness (QED) is 0.876. The topological polar surface area (TPSA) is 42.2 Å². The van der Waals surface area contributed by atoms with Crippen LogP contribution in [0.1, 0.15) is 21.7 Å². The second-order valence-corrected chi connectivity index (χ2v) is 4.24. The number of halogens is 1. The highest BCUT2D eigenvalue weighted by atomic mass is 79.9. The second kappa shape index (κ2) is 5.19. The Kier molecular flexibility index (Phi) is 3.64. The van der Waals surface area contributed by atoms with E-state index in [1.54, 1.807) is 6.07 Å². The van der Waals surface area contributed by atoms with Gasteiger partial charge in [0.15, 0.2) is 5.76 Å². The largest absolute Gasteiger partial charge is 0.459 e. The molecular formula is C13H12BrNO2. The first-order valence-corrected chi connectivity index (χ1v) is 6.34. The molecule has 0 aliphatic heterocycles. The molecule has 0 unspecified atom stereocenters. The lowest BCUT2D eigenvalue weighted by Gasteiger charge is -2.08. The van der Waals surface area contributed by atoms with E-state index in [4.69, 9.17) is 4.42 Å². The van der Waals surface area contributed by atoms with Crippen molar-refractivity contribution in [1.29, 1.82) is 0 Å². The number of carbonyl (C=O) groups is 1. The van der Waals surface area contributed by atoms with Gasteiger partial charge in [0.25, 0.3) is 5.91 Å². The van der Waals surface area contributed by atoms with Gasteiger partial charge in [0.05, 0.1) is 6.26 Å². The van der Waals surface area contributed by atoms with Gasteiger partial charge in [-0.2, -0.15) is 0 Å². The van der Waals surface area contributed by atoms with Crippen LogP contribution in [0.4, 0.5) is 5.69 Å². The maximum absolute atomic E-state index is 11.9. The van der Waals surface area contributed by atoms with Crippen molar-refractivity contribution in [3.8, 4) is 0 Å². The summed E-state index contributed by atoms with van der Waals surface area (Å²) < 4.78 is 5.15. The van der Waals surface area contributed by atoms with Gasteiger partial charge < -0.3 is 9.73 Å². The molecule has 0 bridgehead atoms. The summed E-state index contributed by atoms with van der Waals surface area (Å²) in [5.41, 5.74) is 2.66. The number of aryl methyl sites for hydroxylation is 1. The zero-order chi connectivity index (χ0) is 12.3. The minimum Gasteiger partial charge on any atom is -0.459 e. The van der Waals surface area contributed by atoms with Crippen molar-refractivity contribution in [3.05, 3.63) is 53.5 Å². The molecule has 2 rings (SSSR count). The van der Waals surface area contributed by atoms with Crippen LogP contribution in [0.2, 0.25) is 0 Å². The highest BCUT2D eigenvalue weighted by Crippen LogP contribution is 2.19. The van der Waals surface area contributed by atoms with E-state index in [2.05, 4.69) is 21.2 Å². The van der Waals surface area contributed by atoms with Crippen molar-refractivity contribution in [2.75, 3.05) is 5.32 Å². The van der Waals surface area contributed by atoms with Gasteiger partial charge in [-0.25, -0.2) is 0 Å². The van der Waals surface area contributed by atoms with Gasteiger partial charge in [-0.1, -0.05) is 34.1 Å². The van der Waals surface area contributed by atoms with Gasteiger partial charge in [-0.05, 0) is 24.6 Å². The van der Waals surface area contributed by atoms with Crippen molar-refractivity contribution < 1.29 is 9.21 Å². The van der Waals surface area contributed by atoms with Crippen LogP contribution in [0.25, 0.3) is 0 Å². The van der Waals surface area contributed by atoms with Crippen LogP contribution in [0.3, 0.4) is 0 Å². The Hall–Kier alpha value is -1.55. The molecule has 0 radical (unpaired) electrons. The summed E-state index contributed by atoms with van der Waals surface area (Å²) >= 11 is 3.39. The van der Waals surface area contributed by atoms with E-state index in [1.165, 1.54) is 6.26 Å². The number of benzene rings is 1. The molecule has 0 atom stereocenters. The predicted molar refractivity (Wildman–Crippen MR) is 70.5 cm³/mol. The monoisotopic (exact) mass is 293 g/mol. The van der Waals surface area contributed by atoms with Gasteiger partial charge in [-0.15, -0.1) is 0 Å². The fraction of sp³-hybridized carbons (Fsp3) is 0.154. The fourth-order valence-corrected chi connectivity index (χ4v) is 2.03. The Morgan fingerprint density at radius 1 is 1.35 bits per heavy atom. The molecule has 17 heavy (non-hydrogen) atoms. The summed E-state index contributed by atoms with van der Waals surface area (Å²) in [7, 11) is 0. The minimum atomic E-state index is -0.221. The minimum absolute atomic E-state index is 0.221. The van der Waals surface area contributed by atoms with Crippen molar-refractivity contribution >= 4 is 27.5 Å². The molecule has 0 spiro atoms. The Labute approximate surface area is 108 Å². The summed E-state index contributed by atoms with van der Waals surface area (Å²) in [6.45, 7) is 1.84. The van der Waals surface area contributed by atoms with Gasteiger partial charge >= 0.3 is 0 Å². The molecule has 0 fully saturated rings. The number of nitrogens with one attached hydrogen (secondary N) is 1. The molecule has 0 aliphatic carbocycles. The van der Waals surface area contributed by atoms with E-state index in [0.717, 1.165) is 16.8 Å². The first-order chi connectivity index (χ1) is 8.22. The predicted octanol–water partition coefficient (Wildman–Crippen LogP) is 3.74.